The number of aliphatic hydroxyl groups is 1. The highest BCUT2D eigenvalue weighted by Gasteiger charge is 2.27. The second kappa shape index (κ2) is 37.9. The van der Waals surface area contributed by atoms with Gasteiger partial charge in [-0.15, -0.1) is 0 Å². The first-order valence-electron chi connectivity index (χ1n) is 22.1. The molecule has 1 unspecified atom stereocenters. The summed E-state index contributed by atoms with van der Waals surface area (Å²) >= 11 is 0. The van der Waals surface area contributed by atoms with Crippen LogP contribution in [-0.4, -0.2) is 86.1 Å². The summed E-state index contributed by atoms with van der Waals surface area (Å²) in [7, 11) is 1.39. The van der Waals surface area contributed by atoms with Crippen molar-refractivity contribution in [3.05, 3.63) is 60.8 Å². The summed E-state index contributed by atoms with van der Waals surface area (Å²) in [6, 6.07) is 0. The molecule has 0 bridgehead atoms. The monoisotopic (exact) mass is 825 g/mol. The molecule has 3 atom stereocenters. The minimum atomic E-state index is -4.41. The van der Waals surface area contributed by atoms with E-state index in [9.17, 15) is 24.2 Å². The van der Waals surface area contributed by atoms with Gasteiger partial charge in [-0.2, -0.15) is 0 Å². The van der Waals surface area contributed by atoms with Gasteiger partial charge in [-0.1, -0.05) is 139 Å². The molecule has 0 saturated carbocycles. The highest BCUT2D eigenvalue weighted by atomic mass is 31.2. The van der Waals surface area contributed by atoms with E-state index in [2.05, 4.69) is 32.1 Å². The summed E-state index contributed by atoms with van der Waals surface area (Å²) in [6.45, 7) is 4.20. The first-order chi connectivity index (χ1) is 27.4. The molecule has 0 aromatic heterocycles. The van der Waals surface area contributed by atoms with Crippen LogP contribution in [0.25, 0.3) is 0 Å². The zero-order chi connectivity index (χ0) is 42.3. The van der Waals surface area contributed by atoms with Crippen molar-refractivity contribution in [2.75, 3.05) is 47.5 Å². The van der Waals surface area contributed by atoms with E-state index in [1.807, 2.05) is 57.6 Å². The van der Waals surface area contributed by atoms with Gasteiger partial charge < -0.3 is 24.0 Å². The van der Waals surface area contributed by atoms with Crippen molar-refractivity contribution < 1.29 is 47.2 Å². The van der Waals surface area contributed by atoms with Gasteiger partial charge in [0.2, 0.25) is 0 Å². The Bertz CT molecular complexity index is 1170. The normalized spacial score (nSPS) is 14.7. The van der Waals surface area contributed by atoms with Gasteiger partial charge >= 0.3 is 19.8 Å². The van der Waals surface area contributed by atoms with Gasteiger partial charge in [0, 0.05) is 12.8 Å². The lowest BCUT2D eigenvalue weighted by Crippen LogP contribution is -2.37. The number of phosphoric ester groups is 1. The zero-order valence-electron chi connectivity index (χ0n) is 36.7. The first kappa shape index (κ1) is 54.7. The number of rotatable bonds is 39. The van der Waals surface area contributed by atoms with Gasteiger partial charge in [-0.3, -0.25) is 18.6 Å². The average molecular weight is 825 g/mol. The third-order valence-corrected chi connectivity index (χ3v) is 10.1. The molecule has 0 aliphatic rings. The Balaban J connectivity index is 4.53. The number of aliphatic hydroxyl groups excluding tert-OH is 1. The molecule has 0 amide bonds. The number of esters is 2. The summed E-state index contributed by atoms with van der Waals surface area (Å²) in [5.74, 6) is -0.915. The summed E-state index contributed by atoms with van der Waals surface area (Å²) < 4.78 is 34.2. The maximum absolute atomic E-state index is 12.7. The smallest absolute Gasteiger partial charge is 0.462 e. The number of phosphoric acid groups is 1. The molecule has 10 nitrogen and oxygen atoms in total. The second-order valence-electron chi connectivity index (χ2n) is 15.9. The Labute approximate surface area is 348 Å². The fraction of sp³-hybridized carbons (Fsp3) is 0.739. The lowest BCUT2D eigenvalue weighted by atomic mass is 10.1. The number of hydrogen-bond donors (Lipinski definition) is 2. The van der Waals surface area contributed by atoms with Crippen molar-refractivity contribution in [3.63, 3.8) is 0 Å². The van der Waals surface area contributed by atoms with Gasteiger partial charge in [0.15, 0.2) is 6.10 Å². The van der Waals surface area contributed by atoms with Gasteiger partial charge in [-0.25, -0.2) is 4.57 Å². The minimum absolute atomic E-state index is 0.00699. The predicted molar refractivity (Wildman–Crippen MR) is 235 cm³/mol. The number of unbranched alkanes of at least 4 members (excludes halogenated alkanes) is 15. The van der Waals surface area contributed by atoms with Crippen molar-refractivity contribution in [2.45, 2.75) is 174 Å². The van der Waals surface area contributed by atoms with Crippen LogP contribution in [0.4, 0.5) is 0 Å². The SMILES string of the molecule is CCCCC/C=C\C=C/[C@H](O)C/C=C\C/C=C/CCCC(=O)O[C@H](COC(=O)CCCCCCCCC/C=C\CCCCCC)COP(=O)(O)OCC[N+](C)(C)C. The van der Waals surface area contributed by atoms with Crippen molar-refractivity contribution in [1.82, 2.24) is 0 Å². The molecule has 0 aromatic carbocycles. The Morgan fingerprint density at radius 2 is 1.18 bits per heavy atom. The Kier molecular flexibility index (Phi) is 36.4. The minimum Gasteiger partial charge on any atom is -0.462 e. The van der Waals surface area contributed by atoms with Gasteiger partial charge in [0.25, 0.3) is 0 Å². The molecule has 330 valence electrons. The third-order valence-electron chi connectivity index (χ3n) is 9.10. The van der Waals surface area contributed by atoms with Crippen LogP contribution in [0.2, 0.25) is 0 Å². The molecule has 0 rings (SSSR count). The Morgan fingerprint density at radius 3 is 1.86 bits per heavy atom. The molecule has 0 saturated heterocycles. The standard InChI is InChI=1S/C46H82NO9P/c1-6-8-10-12-14-15-16-17-18-19-20-21-25-29-33-37-45(49)53-41-44(42-55-57(51,52)54-40-39-47(3,4)5)56-46(50)38-34-30-26-22-24-28-32-36-43(48)35-31-27-23-13-11-9-7-2/h15-16,22-23,26-28,31-32,35,43-44,48H,6-14,17-21,24-25,29-30,33-34,36-42H2,1-5H3/p+1/b16-15-,26-22+,27-23-,32-28-,35-31-/t43-,44+/m0/s1. The molecular weight excluding hydrogens is 741 g/mol. The van der Waals surface area contributed by atoms with E-state index in [4.69, 9.17) is 18.5 Å². The number of nitrogens with zero attached hydrogens (tertiary/aromatic N) is 1. The van der Waals surface area contributed by atoms with E-state index >= 15 is 0 Å². The van der Waals surface area contributed by atoms with Crippen LogP contribution < -0.4 is 0 Å². The zero-order valence-corrected chi connectivity index (χ0v) is 37.6. The molecule has 0 aliphatic heterocycles. The third kappa shape index (κ3) is 41.6. The van der Waals surface area contributed by atoms with Crippen LogP contribution in [0.15, 0.2) is 60.8 Å². The van der Waals surface area contributed by atoms with Crippen molar-refractivity contribution >= 4 is 19.8 Å². The number of allylic oxidation sites excluding steroid dienone is 8. The molecule has 0 spiro atoms. The lowest BCUT2D eigenvalue weighted by Gasteiger charge is -2.24. The van der Waals surface area contributed by atoms with Gasteiger partial charge in [0.05, 0.1) is 33.9 Å². The van der Waals surface area contributed by atoms with Crippen LogP contribution in [0.5, 0.6) is 0 Å². The highest BCUT2D eigenvalue weighted by Crippen LogP contribution is 2.43. The van der Waals surface area contributed by atoms with Gasteiger partial charge in [-0.05, 0) is 70.6 Å². The van der Waals surface area contributed by atoms with E-state index in [0.29, 0.717) is 36.7 Å². The number of carbonyl (C=O) groups excluding carboxylic acids is 2. The van der Waals surface area contributed by atoms with Crippen molar-refractivity contribution in [2.24, 2.45) is 0 Å². The lowest BCUT2D eigenvalue weighted by molar-refractivity contribution is -0.870. The van der Waals surface area contributed by atoms with Crippen LogP contribution in [0, 0.1) is 0 Å². The van der Waals surface area contributed by atoms with E-state index in [1.165, 1.54) is 70.6 Å². The van der Waals surface area contributed by atoms with Crippen LogP contribution in [-0.2, 0) is 32.7 Å². The van der Waals surface area contributed by atoms with Crippen LogP contribution in [0.1, 0.15) is 162 Å². The molecule has 0 aromatic rings. The summed E-state index contributed by atoms with van der Waals surface area (Å²) in [5.41, 5.74) is 0. The maximum atomic E-state index is 12.7. The molecule has 2 N–H and O–H groups in total. The number of hydrogen-bond acceptors (Lipinski definition) is 8. The predicted octanol–water partition coefficient (Wildman–Crippen LogP) is 11.4. The van der Waals surface area contributed by atoms with Gasteiger partial charge in [0.1, 0.15) is 19.8 Å². The quantitative estimate of drug-likeness (QED) is 0.0155. The number of ether oxygens (including phenoxy) is 2. The second-order valence-corrected chi connectivity index (χ2v) is 17.4. The Morgan fingerprint density at radius 1 is 0.632 bits per heavy atom. The van der Waals surface area contributed by atoms with Crippen LogP contribution >= 0.6 is 7.82 Å². The summed E-state index contributed by atoms with van der Waals surface area (Å²) in [5, 5.41) is 10.1. The van der Waals surface area contributed by atoms with Crippen molar-refractivity contribution in [3.8, 4) is 0 Å². The number of carbonyl (C=O) groups is 2. The first-order valence-corrected chi connectivity index (χ1v) is 23.6. The fourth-order valence-electron chi connectivity index (χ4n) is 5.55. The summed E-state index contributed by atoms with van der Waals surface area (Å²) in [6.07, 6.45) is 41.5. The molecule has 11 heteroatoms. The molecular formula is C46H83NO9P+. The molecule has 0 fully saturated rings. The van der Waals surface area contributed by atoms with Crippen LogP contribution in [0.3, 0.4) is 0 Å². The van der Waals surface area contributed by atoms with E-state index in [-0.39, 0.29) is 26.1 Å². The molecule has 57 heavy (non-hydrogen) atoms. The number of quaternary nitrogens is 1. The van der Waals surface area contributed by atoms with E-state index in [0.717, 1.165) is 38.5 Å². The maximum Gasteiger partial charge on any atom is 0.472 e. The largest absolute Gasteiger partial charge is 0.472 e. The Hall–Kier alpha value is -2.33. The van der Waals surface area contributed by atoms with E-state index in [1.54, 1.807) is 6.08 Å². The molecule has 0 radical (unpaired) electrons. The summed E-state index contributed by atoms with van der Waals surface area (Å²) in [4.78, 5) is 35.3. The van der Waals surface area contributed by atoms with Crippen molar-refractivity contribution in [1.29, 1.82) is 0 Å². The molecule has 0 aliphatic carbocycles. The highest BCUT2D eigenvalue weighted by molar-refractivity contribution is 7.47. The molecule has 0 heterocycles. The fourth-order valence-corrected chi connectivity index (χ4v) is 6.29. The average Bonchev–Trinajstić information content (AvgIpc) is 3.15. The number of likely N-dealkylation sites (N-methyl/N-ethyl adjacent to an activating group) is 1. The topological polar surface area (TPSA) is 129 Å². The van der Waals surface area contributed by atoms with E-state index < -0.39 is 38.6 Å².